The van der Waals surface area contributed by atoms with Crippen LogP contribution in [0.4, 0.5) is 5.82 Å². The molecule has 0 unspecified atom stereocenters. The van der Waals surface area contributed by atoms with Crippen LogP contribution in [-0.4, -0.2) is 23.2 Å². The number of aromatic nitrogens is 2. The minimum atomic E-state index is 0.587. The minimum absolute atomic E-state index is 0.587. The molecule has 1 N–H and O–H groups in total. The predicted molar refractivity (Wildman–Crippen MR) is 87.2 cm³/mol. The zero-order valence-corrected chi connectivity index (χ0v) is 13.1. The van der Waals surface area contributed by atoms with Gasteiger partial charge in [0.1, 0.15) is 30.2 Å². The zero-order chi connectivity index (χ0) is 14.9. The second-order valence-corrected chi connectivity index (χ2v) is 6.49. The summed E-state index contributed by atoms with van der Waals surface area (Å²) in [6.45, 7) is 1.82. The summed E-state index contributed by atoms with van der Waals surface area (Å²) in [5.41, 5.74) is 1.09. The van der Waals surface area contributed by atoms with Gasteiger partial charge in [-0.25, -0.2) is 9.97 Å². The third kappa shape index (κ3) is 2.55. The van der Waals surface area contributed by atoms with E-state index in [1.807, 2.05) is 24.3 Å². The van der Waals surface area contributed by atoms with Gasteiger partial charge in [-0.15, -0.1) is 11.3 Å². The summed E-state index contributed by atoms with van der Waals surface area (Å²) < 4.78 is 11.8. The van der Waals surface area contributed by atoms with E-state index < -0.39 is 0 Å². The Balaban J connectivity index is 1.56. The molecule has 0 radical (unpaired) electrons. The summed E-state index contributed by atoms with van der Waals surface area (Å²) >= 11 is 7.49. The van der Waals surface area contributed by atoms with Crippen LogP contribution in [0, 0.1) is 0 Å². The minimum Gasteiger partial charge on any atom is -0.486 e. The van der Waals surface area contributed by atoms with Crippen molar-refractivity contribution in [2.24, 2.45) is 0 Å². The Hall–Kier alpha value is -2.05. The maximum absolute atomic E-state index is 6.04. The largest absolute Gasteiger partial charge is 0.486 e. The Kier molecular flexibility index (Phi) is 3.48. The first-order valence-corrected chi connectivity index (χ1v) is 8.01. The lowest BCUT2D eigenvalue weighted by molar-refractivity contribution is 0.171. The maximum Gasteiger partial charge on any atom is 0.161 e. The summed E-state index contributed by atoms with van der Waals surface area (Å²) in [4.78, 5) is 9.39. The van der Waals surface area contributed by atoms with Crippen molar-refractivity contribution in [2.45, 2.75) is 6.54 Å². The highest BCUT2D eigenvalue weighted by atomic mass is 35.5. The maximum atomic E-state index is 6.04. The van der Waals surface area contributed by atoms with Crippen LogP contribution < -0.4 is 14.8 Å². The van der Waals surface area contributed by atoms with E-state index in [2.05, 4.69) is 15.3 Å². The van der Waals surface area contributed by atoms with Crippen LogP contribution >= 0.6 is 22.9 Å². The highest BCUT2D eigenvalue weighted by Crippen LogP contribution is 2.33. The fourth-order valence-electron chi connectivity index (χ4n) is 2.35. The number of nitrogens with zero attached hydrogens (tertiary/aromatic N) is 2. The Bertz CT molecular complexity index is 837. The summed E-state index contributed by atoms with van der Waals surface area (Å²) in [5, 5.41) is 4.26. The molecule has 0 bridgehead atoms. The highest BCUT2D eigenvalue weighted by molar-refractivity contribution is 7.22. The van der Waals surface area contributed by atoms with Crippen molar-refractivity contribution in [1.82, 2.24) is 9.97 Å². The molecule has 5 nitrogen and oxygen atoms in total. The van der Waals surface area contributed by atoms with Crippen LogP contribution in [0.3, 0.4) is 0 Å². The number of anilines is 1. The molecule has 0 atom stereocenters. The van der Waals surface area contributed by atoms with Crippen LogP contribution in [0.2, 0.25) is 4.34 Å². The van der Waals surface area contributed by atoms with Gasteiger partial charge in [-0.3, -0.25) is 0 Å². The normalized spacial score (nSPS) is 13.3. The molecule has 0 spiro atoms. The van der Waals surface area contributed by atoms with Gasteiger partial charge >= 0.3 is 0 Å². The molecule has 3 aromatic rings. The molecule has 1 aliphatic rings. The zero-order valence-electron chi connectivity index (χ0n) is 11.5. The molecular weight excluding hydrogens is 322 g/mol. The molecule has 0 aliphatic carbocycles. The number of hydrogen-bond donors (Lipinski definition) is 1. The lowest BCUT2D eigenvalue weighted by atomic mass is 10.2. The van der Waals surface area contributed by atoms with E-state index in [0.29, 0.717) is 24.1 Å². The van der Waals surface area contributed by atoms with Gasteiger partial charge < -0.3 is 14.8 Å². The lowest BCUT2D eigenvalue weighted by Crippen LogP contribution is -2.15. The van der Waals surface area contributed by atoms with Gasteiger partial charge in [-0.05, 0) is 23.8 Å². The van der Waals surface area contributed by atoms with E-state index in [0.717, 1.165) is 33.1 Å². The third-order valence-electron chi connectivity index (χ3n) is 3.37. The van der Waals surface area contributed by atoms with E-state index in [1.54, 1.807) is 6.33 Å². The van der Waals surface area contributed by atoms with Gasteiger partial charge in [0.15, 0.2) is 11.5 Å². The van der Waals surface area contributed by atoms with Crippen molar-refractivity contribution in [2.75, 3.05) is 18.5 Å². The van der Waals surface area contributed by atoms with E-state index in [1.165, 1.54) is 11.3 Å². The van der Waals surface area contributed by atoms with Crippen LogP contribution in [0.15, 0.2) is 30.6 Å². The van der Waals surface area contributed by atoms with Gasteiger partial charge in [0, 0.05) is 6.54 Å². The van der Waals surface area contributed by atoms with Crippen LogP contribution in [0.5, 0.6) is 11.5 Å². The van der Waals surface area contributed by atoms with Crippen molar-refractivity contribution >= 4 is 39.0 Å². The standard InChI is InChI=1S/C15H12ClN3O2S/c16-13-6-10-14(18-8-19-15(10)22-13)17-7-9-1-2-11-12(5-9)21-4-3-20-11/h1-2,5-6,8H,3-4,7H2,(H,17,18,19). The molecule has 1 aromatic carbocycles. The van der Waals surface area contributed by atoms with Gasteiger partial charge in [0.2, 0.25) is 0 Å². The second kappa shape index (κ2) is 5.62. The molecule has 1 aliphatic heterocycles. The summed E-state index contributed by atoms with van der Waals surface area (Å²) in [5.74, 6) is 2.36. The summed E-state index contributed by atoms with van der Waals surface area (Å²) in [7, 11) is 0. The molecule has 112 valence electrons. The average Bonchev–Trinajstić information content (AvgIpc) is 2.93. The number of ether oxygens (including phenoxy) is 2. The van der Waals surface area contributed by atoms with Crippen molar-refractivity contribution in [3.8, 4) is 11.5 Å². The molecule has 3 heterocycles. The van der Waals surface area contributed by atoms with Crippen LogP contribution in [0.25, 0.3) is 10.2 Å². The smallest absolute Gasteiger partial charge is 0.161 e. The SMILES string of the molecule is Clc1cc2c(NCc3ccc4c(c3)OCCO4)ncnc2s1. The Morgan fingerprint density at radius 2 is 2.00 bits per heavy atom. The van der Waals surface area contributed by atoms with Crippen LogP contribution in [0.1, 0.15) is 5.56 Å². The fraction of sp³-hybridized carbons (Fsp3) is 0.200. The summed E-state index contributed by atoms with van der Waals surface area (Å²) in [6.07, 6.45) is 1.54. The number of fused-ring (bicyclic) bond motifs is 2. The predicted octanol–water partition coefficient (Wildman–Crippen LogP) is 3.73. The Morgan fingerprint density at radius 1 is 1.14 bits per heavy atom. The first-order chi connectivity index (χ1) is 10.8. The Labute approximate surface area is 135 Å². The van der Waals surface area contributed by atoms with E-state index in [-0.39, 0.29) is 0 Å². The molecule has 7 heteroatoms. The number of benzene rings is 1. The topological polar surface area (TPSA) is 56.3 Å². The number of rotatable bonds is 3. The van der Waals surface area contributed by atoms with E-state index in [4.69, 9.17) is 21.1 Å². The number of hydrogen-bond acceptors (Lipinski definition) is 6. The molecule has 0 saturated heterocycles. The quantitative estimate of drug-likeness (QED) is 0.791. The highest BCUT2D eigenvalue weighted by Gasteiger charge is 2.12. The van der Waals surface area contributed by atoms with Gasteiger partial charge in [-0.2, -0.15) is 0 Å². The van der Waals surface area contributed by atoms with Crippen molar-refractivity contribution < 1.29 is 9.47 Å². The molecule has 0 fully saturated rings. The van der Waals surface area contributed by atoms with Gasteiger partial charge in [-0.1, -0.05) is 17.7 Å². The number of thiophene rings is 1. The van der Waals surface area contributed by atoms with Gasteiger partial charge in [0.25, 0.3) is 0 Å². The molecule has 22 heavy (non-hydrogen) atoms. The number of nitrogens with one attached hydrogen (secondary N) is 1. The summed E-state index contributed by atoms with van der Waals surface area (Å²) in [6, 6.07) is 7.82. The number of halogens is 1. The third-order valence-corrected chi connectivity index (χ3v) is 4.54. The Morgan fingerprint density at radius 3 is 2.91 bits per heavy atom. The molecule has 4 rings (SSSR count). The second-order valence-electron chi connectivity index (χ2n) is 4.82. The first kappa shape index (κ1) is 13.6. The van der Waals surface area contributed by atoms with E-state index in [9.17, 15) is 0 Å². The molecule has 0 saturated carbocycles. The van der Waals surface area contributed by atoms with Gasteiger partial charge in [0.05, 0.1) is 9.72 Å². The monoisotopic (exact) mass is 333 g/mol. The molecule has 0 amide bonds. The van der Waals surface area contributed by atoms with E-state index >= 15 is 0 Å². The molecule has 2 aromatic heterocycles. The average molecular weight is 334 g/mol. The van der Waals surface area contributed by atoms with Crippen molar-refractivity contribution in [3.63, 3.8) is 0 Å². The van der Waals surface area contributed by atoms with Crippen molar-refractivity contribution in [3.05, 3.63) is 40.5 Å². The molecular formula is C15H12ClN3O2S. The van der Waals surface area contributed by atoms with Crippen molar-refractivity contribution in [1.29, 1.82) is 0 Å². The van der Waals surface area contributed by atoms with Crippen LogP contribution in [-0.2, 0) is 6.54 Å². The lowest BCUT2D eigenvalue weighted by Gasteiger charge is -2.19. The fourth-order valence-corrected chi connectivity index (χ4v) is 3.41. The first-order valence-electron chi connectivity index (χ1n) is 6.82.